The number of carbonyl (C=O) groups is 1. The summed E-state index contributed by atoms with van der Waals surface area (Å²) in [6.07, 6.45) is 0.427. The van der Waals surface area contributed by atoms with Crippen molar-refractivity contribution in [2.75, 3.05) is 13.6 Å². The van der Waals surface area contributed by atoms with Gasteiger partial charge in [0, 0.05) is 23.6 Å². The number of halogens is 2. The zero-order valence-corrected chi connectivity index (χ0v) is 9.32. The molecule has 0 radical (unpaired) electrons. The van der Waals surface area contributed by atoms with Gasteiger partial charge in [0.25, 0.3) is 0 Å². The maximum Gasteiger partial charge on any atom is 0.165 e. The number of ketones is 1. The van der Waals surface area contributed by atoms with Crippen molar-refractivity contribution < 1.29 is 4.79 Å². The molecule has 0 heterocycles. The Bertz CT molecular complexity index is 339. The molecule has 0 saturated heterocycles. The topological polar surface area (TPSA) is 29.1 Å². The van der Waals surface area contributed by atoms with Crippen LogP contribution in [0.15, 0.2) is 18.2 Å². The molecule has 0 atom stereocenters. The zero-order valence-electron chi connectivity index (χ0n) is 7.81. The highest BCUT2D eigenvalue weighted by atomic mass is 35.5. The van der Waals surface area contributed by atoms with Crippen LogP contribution in [0.1, 0.15) is 16.8 Å². The number of Topliss-reactive ketones (excluding diaryl/α,β-unsaturated/α-hetero) is 1. The monoisotopic (exact) mass is 231 g/mol. The second kappa shape index (κ2) is 5.35. The summed E-state index contributed by atoms with van der Waals surface area (Å²) in [7, 11) is 1.80. The first kappa shape index (κ1) is 11.5. The molecule has 0 bridgehead atoms. The third kappa shape index (κ3) is 2.98. The Morgan fingerprint density at radius 2 is 2.14 bits per heavy atom. The molecule has 14 heavy (non-hydrogen) atoms. The molecular weight excluding hydrogens is 221 g/mol. The molecule has 0 aliphatic heterocycles. The summed E-state index contributed by atoms with van der Waals surface area (Å²) in [6, 6.07) is 4.90. The van der Waals surface area contributed by atoms with Gasteiger partial charge in [-0.15, -0.1) is 0 Å². The van der Waals surface area contributed by atoms with E-state index < -0.39 is 0 Å². The molecule has 0 aliphatic carbocycles. The van der Waals surface area contributed by atoms with Gasteiger partial charge in [0.1, 0.15) is 0 Å². The summed E-state index contributed by atoms with van der Waals surface area (Å²) in [6.45, 7) is 0.641. The van der Waals surface area contributed by atoms with Crippen molar-refractivity contribution in [3.63, 3.8) is 0 Å². The van der Waals surface area contributed by atoms with E-state index in [9.17, 15) is 4.79 Å². The number of benzene rings is 1. The smallest absolute Gasteiger partial charge is 0.165 e. The summed E-state index contributed by atoms with van der Waals surface area (Å²) >= 11 is 11.6. The lowest BCUT2D eigenvalue weighted by Crippen LogP contribution is -2.13. The molecule has 1 aromatic rings. The standard InChI is InChI=1S/C10H11Cl2NO/c1-13-5-4-10(14)8-6-7(11)2-3-9(8)12/h2-3,6,13H,4-5H2,1H3. The first-order chi connectivity index (χ1) is 6.65. The molecule has 0 aliphatic rings. The number of hydrogen-bond donors (Lipinski definition) is 1. The Kier molecular flexibility index (Phi) is 4.39. The van der Waals surface area contributed by atoms with E-state index in [2.05, 4.69) is 5.32 Å². The number of nitrogens with one attached hydrogen (secondary N) is 1. The fourth-order valence-electron chi connectivity index (χ4n) is 1.08. The molecule has 0 fully saturated rings. The van der Waals surface area contributed by atoms with Gasteiger partial charge >= 0.3 is 0 Å². The minimum absolute atomic E-state index is 0.00634. The van der Waals surface area contributed by atoms with Gasteiger partial charge in [-0.3, -0.25) is 4.79 Å². The Morgan fingerprint density at radius 1 is 1.43 bits per heavy atom. The molecule has 0 saturated carbocycles. The van der Waals surface area contributed by atoms with Crippen molar-refractivity contribution in [2.24, 2.45) is 0 Å². The lowest BCUT2D eigenvalue weighted by Gasteiger charge is -2.03. The highest BCUT2D eigenvalue weighted by molar-refractivity contribution is 6.35. The lowest BCUT2D eigenvalue weighted by atomic mass is 10.1. The first-order valence-corrected chi connectivity index (χ1v) is 5.03. The highest BCUT2D eigenvalue weighted by Gasteiger charge is 2.09. The maximum atomic E-state index is 11.6. The van der Waals surface area contributed by atoms with E-state index in [0.29, 0.717) is 28.6 Å². The SMILES string of the molecule is CNCCC(=O)c1cc(Cl)ccc1Cl. The molecule has 0 spiro atoms. The van der Waals surface area contributed by atoms with Crippen LogP contribution in [0.5, 0.6) is 0 Å². The molecule has 4 heteroatoms. The largest absolute Gasteiger partial charge is 0.319 e. The Balaban J connectivity index is 2.83. The van der Waals surface area contributed by atoms with Crippen molar-refractivity contribution in [2.45, 2.75) is 6.42 Å². The highest BCUT2D eigenvalue weighted by Crippen LogP contribution is 2.21. The fourth-order valence-corrected chi connectivity index (χ4v) is 1.48. The van der Waals surface area contributed by atoms with E-state index in [0.717, 1.165) is 0 Å². The van der Waals surface area contributed by atoms with Gasteiger partial charge in [-0.2, -0.15) is 0 Å². The molecule has 0 unspecified atom stereocenters. The van der Waals surface area contributed by atoms with Gasteiger partial charge < -0.3 is 5.32 Å². The van der Waals surface area contributed by atoms with Gasteiger partial charge in [-0.05, 0) is 25.2 Å². The van der Waals surface area contributed by atoms with Crippen molar-refractivity contribution in [1.82, 2.24) is 5.32 Å². The Hall–Kier alpha value is -0.570. The van der Waals surface area contributed by atoms with Crippen LogP contribution in [-0.2, 0) is 0 Å². The maximum absolute atomic E-state index is 11.6. The van der Waals surface area contributed by atoms with Crippen LogP contribution in [-0.4, -0.2) is 19.4 Å². The van der Waals surface area contributed by atoms with E-state index in [-0.39, 0.29) is 5.78 Å². The molecular formula is C10H11Cl2NO. The van der Waals surface area contributed by atoms with Crippen molar-refractivity contribution in [3.8, 4) is 0 Å². The molecule has 0 aromatic heterocycles. The van der Waals surface area contributed by atoms with E-state index in [1.807, 2.05) is 0 Å². The van der Waals surface area contributed by atoms with Gasteiger partial charge in [0.15, 0.2) is 5.78 Å². The molecule has 0 amide bonds. The van der Waals surface area contributed by atoms with E-state index in [1.165, 1.54) is 0 Å². The van der Waals surface area contributed by atoms with Crippen LogP contribution in [0.4, 0.5) is 0 Å². The van der Waals surface area contributed by atoms with Crippen LogP contribution < -0.4 is 5.32 Å². The average Bonchev–Trinajstić information content (AvgIpc) is 2.18. The van der Waals surface area contributed by atoms with Gasteiger partial charge in [-0.1, -0.05) is 23.2 Å². The van der Waals surface area contributed by atoms with E-state index in [1.54, 1.807) is 25.2 Å². The third-order valence-electron chi connectivity index (χ3n) is 1.83. The summed E-state index contributed by atoms with van der Waals surface area (Å²) in [5.74, 6) is 0.00634. The van der Waals surface area contributed by atoms with Crippen molar-refractivity contribution in [1.29, 1.82) is 0 Å². The zero-order chi connectivity index (χ0) is 10.6. The first-order valence-electron chi connectivity index (χ1n) is 4.28. The second-order valence-electron chi connectivity index (χ2n) is 2.90. The Labute approximate surface area is 93.2 Å². The molecule has 2 nitrogen and oxygen atoms in total. The van der Waals surface area contributed by atoms with Gasteiger partial charge in [0.2, 0.25) is 0 Å². The van der Waals surface area contributed by atoms with E-state index in [4.69, 9.17) is 23.2 Å². The Morgan fingerprint density at radius 3 is 2.79 bits per heavy atom. The second-order valence-corrected chi connectivity index (χ2v) is 3.74. The number of rotatable bonds is 4. The summed E-state index contributed by atoms with van der Waals surface area (Å²) < 4.78 is 0. The number of carbonyl (C=O) groups excluding carboxylic acids is 1. The van der Waals surface area contributed by atoms with Crippen LogP contribution >= 0.6 is 23.2 Å². The van der Waals surface area contributed by atoms with Crippen LogP contribution in [0, 0.1) is 0 Å². The van der Waals surface area contributed by atoms with Crippen molar-refractivity contribution >= 4 is 29.0 Å². The predicted octanol–water partition coefficient (Wildman–Crippen LogP) is 2.79. The average molecular weight is 232 g/mol. The molecule has 76 valence electrons. The molecule has 1 N–H and O–H groups in total. The lowest BCUT2D eigenvalue weighted by molar-refractivity contribution is 0.0983. The summed E-state index contributed by atoms with van der Waals surface area (Å²) in [5, 5.41) is 3.89. The molecule has 1 aromatic carbocycles. The van der Waals surface area contributed by atoms with Crippen LogP contribution in [0.2, 0.25) is 10.0 Å². The summed E-state index contributed by atoms with van der Waals surface area (Å²) in [5.41, 5.74) is 0.495. The molecule has 1 rings (SSSR count). The fraction of sp³-hybridized carbons (Fsp3) is 0.300. The summed E-state index contributed by atoms with van der Waals surface area (Å²) in [4.78, 5) is 11.6. The third-order valence-corrected chi connectivity index (χ3v) is 2.40. The quantitative estimate of drug-likeness (QED) is 0.808. The van der Waals surface area contributed by atoms with Crippen LogP contribution in [0.25, 0.3) is 0 Å². The normalized spacial score (nSPS) is 10.2. The van der Waals surface area contributed by atoms with Gasteiger partial charge in [-0.25, -0.2) is 0 Å². The van der Waals surface area contributed by atoms with Gasteiger partial charge in [0.05, 0.1) is 5.02 Å². The predicted molar refractivity (Wildman–Crippen MR) is 59.3 cm³/mol. The van der Waals surface area contributed by atoms with Crippen molar-refractivity contribution in [3.05, 3.63) is 33.8 Å². The van der Waals surface area contributed by atoms with Crippen LogP contribution in [0.3, 0.4) is 0 Å². The number of hydrogen-bond acceptors (Lipinski definition) is 2. The minimum Gasteiger partial charge on any atom is -0.319 e. The minimum atomic E-state index is 0.00634. The van der Waals surface area contributed by atoms with E-state index >= 15 is 0 Å².